The molecule has 162 valence electrons. The van der Waals surface area contributed by atoms with Crippen LogP contribution in [0.15, 0.2) is 36.4 Å². The topological polar surface area (TPSA) is 89.9 Å². The number of nitrogens with one attached hydrogen (secondary N) is 1. The average molecular weight is 446 g/mol. The standard InChI is InChI=1S/C22H21ClFN3O4/c1-26-18-4-3-17(10-14(18)2-5-19(26)28)27-7-6-22(31,21(27)30)20(29)25-12-13-8-15(23)11-16(24)9-13/h3-4,8-11,31H,2,5-7,12H2,1H3,(H,25,29)/t22-/m0/s1. The van der Waals surface area contributed by atoms with Crippen LogP contribution in [-0.4, -0.2) is 42.0 Å². The van der Waals surface area contributed by atoms with E-state index in [4.69, 9.17) is 11.6 Å². The van der Waals surface area contributed by atoms with Gasteiger partial charge in [0.05, 0.1) is 0 Å². The van der Waals surface area contributed by atoms with Crippen LogP contribution in [0.1, 0.15) is 24.0 Å². The Morgan fingerprint density at radius 2 is 2.00 bits per heavy atom. The zero-order valence-corrected chi connectivity index (χ0v) is 17.6. The molecule has 2 aliphatic heterocycles. The monoisotopic (exact) mass is 445 g/mol. The second-order valence-corrected chi connectivity index (χ2v) is 8.23. The summed E-state index contributed by atoms with van der Waals surface area (Å²) in [6.07, 6.45) is 0.879. The molecule has 0 bridgehead atoms. The van der Waals surface area contributed by atoms with Gasteiger partial charge in [-0.25, -0.2) is 4.39 Å². The van der Waals surface area contributed by atoms with Crippen molar-refractivity contribution in [1.29, 1.82) is 0 Å². The summed E-state index contributed by atoms with van der Waals surface area (Å²) >= 11 is 5.81. The molecule has 2 N–H and O–H groups in total. The van der Waals surface area contributed by atoms with Crippen LogP contribution in [0.3, 0.4) is 0 Å². The largest absolute Gasteiger partial charge is 0.372 e. The van der Waals surface area contributed by atoms with Gasteiger partial charge in [0.1, 0.15) is 5.82 Å². The van der Waals surface area contributed by atoms with Crippen molar-refractivity contribution in [2.75, 3.05) is 23.4 Å². The van der Waals surface area contributed by atoms with E-state index >= 15 is 0 Å². The van der Waals surface area contributed by atoms with Gasteiger partial charge in [-0.3, -0.25) is 14.4 Å². The highest BCUT2D eigenvalue weighted by molar-refractivity contribution is 6.30. The Bertz CT molecular complexity index is 1070. The molecule has 3 amide bonds. The molecule has 0 unspecified atom stereocenters. The number of rotatable bonds is 4. The number of fused-ring (bicyclic) bond motifs is 1. The number of amides is 3. The molecule has 1 saturated heterocycles. The van der Waals surface area contributed by atoms with Gasteiger partial charge in [0.25, 0.3) is 11.8 Å². The van der Waals surface area contributed by atoms with Gasteiger partial charge in [-0.1, -0.05) is 11.6 Å². The zero-order chi connectivity index (χ0) is 22.3. The number of carbonyl (C=O) groups is 3. The first-order chi connectivity index (χ1) is 14.7. The van der Waals surface area contributed by atoms with Gasteiger partial charge in [0.2, 0.25) is 11.5 Å². The summed E-state index contributed by atoms with van der Waals surface area (Å²) in [6, 6.07) is 9.13. The van der Waals surface area contributed by atoms with Crippen molar-refractivity contribution in [3.63, 3.8) is 0 Å². The lowest BCUT2D eigenvalue weighted by molar-refractivity contribution is -0.149. The molecule has 0 aliphatic carbocycles. The molecule has 0 spiro atoms. The number of benzene rings is 2. The Balaban J connectivity index is 1.49. The normalized spacial score (nSPS) is 20.8. The molecular weight excluding hydrogens is 425 g/mol. The third kappa shape index (κ3) is 3.88. The fourth-order valence-corrected chi connectivity index (χ4v) is 4.26. The zero-order valence-electron chi connectivity index (χ0n) is 16.8. The van der Waals surface area contributed by atoms with Crippen LogP contribution >= 0.6 is 11.6 Å². The van der Waals surface area contributed by atoms with E-state index in [2.05, 4.69) is 5.32 Å². The van der Waals surface area contributed by atoms with E-state index in [0.29, 0.717) is 24.1 Å². The van der Waals surface area contributed by atoms with Gasteiger partial charge in [0, 0.05) is 49.4 Å². The predicted octanol–water partition coefficient (Wildman–Crippen LogP) is 2.17. The van der Waals surface area contributed by atoms with E-state index in [1.165, 1.54) is 17.0 Å². The number of anilines is 2. The first-order valence-corrected chi connectivity index (χ1v) is 10.2. The summed E-state index contributed by atoms with van der Waals surface area (Å²) in [7, 11) is 1.70. The number of aliphatic hydroxyl groups is 1. The molecule has 2 heterocycles. The molecule has 31 heavy (non-hydrogen) atoms. The third-order valence-corrected chi connectivity index (χ3v) is 5.98. The number of halogens is 2. The van der Waals surface area contributed by atoms with Gasteiger partial charge in [-0.15, -0.1) is 0 Å². The van der Waals surface area contributed by atoms with E-state index in [-0.39, 0.29) is 30.4 Å². The molecule has 0 aromatic heterocycles. The summed E-state index contributed by atoms with van der Waals surface area (Å²) in [5.41, 5.74) is 0.480. The van der Waals surface area contributed by atoms with Crippen molar-refractivity contribution in [3.05, 3.63) is 58.4 Å². The molecule has 0 radical (unpaired) electrons. The van der Waals surface area contributed by atoms with Crippen LogP contribution < -0.4 is 15.1 Å². The van der Waals surface area contributed by atoms with Gasteiger partial charge in [-0.2, -0.15) is 0 Å². The lowest BCUT2D eigenvalue weighted by atomic mass is 10.00. The molecule has 1 fully saturated rings. The first-order valence-electron chi connectivity index (χ1n) is 9.86. The Hall–Kier alpha value is -2.97. The van der Waals surface area contributed by atoms with E-state index in [0.717, 1.165) is 17.3 Å². The van der Waals surface area contributed by atoms with Crippen molar-refractivity contribution in [1.82, 2.24) is 5.32 Å². The minimum Gasteiger partial charge on any atom is -0.372 e. The van der Waals surface area contributed by atoms with Crippen molar-refractivity contribution < 1.29 is 23.9 Å². The van der Waals surface area contributed by atoms with E-state index in [1.807, 2.05) is 6.07 Å². The van der Waals surface area contributed by atoms with Crippen LogP contribution in [0.25, 0.3) is 0 Å². The van der Waals surface area contributed by atoms with Crippen molar-refractivity contribution in [3.8, 4) is 0 Å². The maximum Gasteiger partial charge on any atom is 0.268 e. The lowest BCUT2D eigenvalue weighted by Gasteiger charge is -2.28. The number of aryl methyl sites for hydroxylation is 1. The fourth-order valence-electron chi connectivity index (χ4n) is 4.01. The number of hydrogen-bond donors (Lipinski definition) is 2. The molecule has 2 aromatic rings. The van der Waals surface area contributed by atoms with Gasteiger partial charge < -0.3 is 20.2 Å². The van der Waals surface area contributed by atoms with Crippen LogP contribution in [-0.2, 0) is 27.3 Å². The summed E-state index contributed by atoms with van der Waals surface area (Å²) in [5, 5.41) is 13.5. The van der Waals surface area contributed by atoms with Gasteiger partial charge in [-0.05, 0) is 53.9 Å². The van der Waals surface area contributed by atoms with Gasteiger partial charge in [0.15, 0.2) is 0 Å². The second kappa shape index (κ2) is 7.94. The summed E-state index contributed by atoms with van der Waals surface area (Å²) in [6.45, 7) is 0.0905. The Morgan fingerprint density at radius 1 is 1.23 bits per heavy atom. The highest BCUT2D eigenvalue weighted by Gasteiger charge is 2.51. The molecular formula is C22H21ClFN3O4. The Labute approximate surface area is 183 Å². The van der Waals surface area contributed by atoms with E-state index in [9.17, 15) is 23.9 Å². The van der Waals surface area contributed by atoms with Crippen molar-refractivity contribution in [2.24, 2.45) is 0 Å². The summed E-state index contributed by atoms with van der Waals surface area (Å²) < 4.78 is 13.5. The molecule has 1 atom stereocenters. The quantitative estimate of drug-likeness (QED) is 0.706. The van der Waals surface area contributed by atoms with Crippen LogP contribution in [0.2, 0.25) is 5.02 Å². The smallest absolute Gasteiger partial charge is 0.268 e. The maximum absolute atomic E-state index is 13.5. The molecule has 4 rings (SSSR count). The highest BCUT2D eigenvalue weighted by Crippen LogP contribution is 2.34. The van der Waals surface area contributed by atoms with Crippen molar-refractivity contribution in [2.45, 2.75) is 31.4 Å². The first kappa shape index (κ1) is 21.3. The maximum atomic E-state index is 13.5. The number of nitrogens with zero attached hydrogens (tertiary/aromatic N) is 2. The molecule has 0 saturated carbocycles. The minimum absolute atomic E-state index is 0.0307. The van der Waals surface area contributed by atoms with Crippen LogP contribution in [0, 0.1) is 5.82 Å². The lowest BCUT2D eigenvalue weighted by Crippen LogP contribution is -2.52. The third-order valence-electron chi connectivity index (χ3n) is 5.77. The minimum atomic E-state index is -2.21. The average Bonchev–Trinajstić information content (AvgIpc) is 3.04. The Morgan fingerprint density at radius 3 is 2.74 bits per heavy atom. The van der Waals surface area contributed by atoms with Crippen LogP contribution in [0.4, 0.5) is 15.8 Å². The Kier molecular flexibility index (Phi) is 5.45. The van der Waals surface area contributed by atoms with Crippen LogP contribution in [0.5, 0.6) is 0 Å². The molecule has 2 aliphatic rings. The number of carbonyl (C=O) groups excluding carboxylic acids is 3. The molecule has 9 heteroatoms. The highest BCUT2D eigenvalue weighted by atomic mass is 35.5. The second-order valence-electron chi connectivity index (χ2n) is 7.79. The molecule has 7 nitrogen and oxygen atoms in total. The fraction of sp³-hybridized carbons (Fsp3) is 0.318. The summed E-state index contributed by atoms with van der Waals surface area (Å²) in [5.74, 6) is -2.08. The van der Waals surface area contributed by atoms with Gasteiger partial charge >= 0.3 is 0 Å². The van der Waals surface area contributed by atoms with Crippen molar-refractivity contribution >= 4 is 40.7 Å². The SMILES string of the molecule is CN1C(=O)CCc2cc(N3CC[C@](O)(C(=O)NCc4cc(F)cc(Cl)c4)C3=O)ccc21. The molecule has 2 aromatic carbocycles. The predicted molar refractivity (Wildman–Crippen MR) is 113 cm³/mol. The summed E-state index contributed by atoms with van der Waals surface area (Å²) in [4.78, 5) is 40.4. The van der Waals surface area contributed by atoms with E-state index in [1.54, 1.807) is 24.1 Å². The number of hydrogen-bond acceptors (Lipinski definition) is 4. The van der Waals surface area contributed by atoms with E-state index < -0.39 is 23.2 Å².